The van der Waals surface area contributed by atoms with Crippen LogP contribution >= 0.6 is 6.64 Å². The Hall–Kier alpha value is 1.53. The molecule has 0 fully saturated rings. The van der Waals surface area contributed by atoms with Crippen molar-refractivity contribution in [1.82, 2.24) is 4.67 Å². The van der Waals surface area contributed by atoms with Crippen LogP contribution in [0.5, 0.6) is 0 Å². The Balaban J connectivity index is 0. The minimum atomic E-state index is -2.89. The smallest absolute Gasteiger partial charge is 0.789 e. The van der Waals surface area contributed by atoms with E-state index < -0.39 is 6.64 Å². The zero-order valence-corrected chi connectivity index (χ0v) is 12.0. The van der Waals surface area contributed by atoms with Crippen LogP contribution in [0.2, 0.25) is 0 Å². The average Bonchev–Trinajstić information content (AvgIpc) is 1.89. The fourth-order valence-corrected chi connectivity index (χ4v) is 3.01. The maximum Gasteiger partial charge on any atom is 1.00 e. The molecule has 0 heterocycles. The van der Waals surface area contributed by atoms with Gasteiger partial charge >= 0.3 is 29.6 Å². The summed E-state index contributed by atoms with van der Waals surface area (Å²) < 4.78 is 6.64. The molecule has 0 rings (SSSR count). The van der Waals surface area contributed by atoms with Crippen molar-refractivity contribution >= 4 is 18.4 Å². The van der Waals surface area contributed by atoms with Gasteiger partial charge in [-0.2, -0.15) is 0 Å². The van der Waals surface area contributed by atoms with Crippen LogP contribution < -0.4 is 34.5 Å². The maximum absolute atomic E-state index is 11.5. The Bertz CT molecular complexity index is 154. The van der Waals surface area contributed by atoms with E-state index in [0.29, 0.717) is 19.7 Å². The zero-order valence-electron chi connectivity index (χ0n) is 8.24. The molecule has 12 heavy (non-hydrogen) atoms. The first-order valence-electron chi connectivity index (χ1n) is 3.79. The second kappa shape index (κ2) is 7.89. The molecule has 3 nitrogen and oxygen atoms in total. The van der Waals surface area contributed by atoms with E-state index in [0.717, 1.165) is 0 Å². The van der Waals surface area contributed by atoms with E-state index in [-0.39, 0.29) is 29.6 Å². The van der Waals surface area contributed by atoms with Gasteiger partial charge in [0, 0.05) is 19.7 Å². The van der Waals surface area contributed by atoms with Gasteiger partial charge in [-0.05, 0) is 6.92 Å². The summed E-state index contributed by atoms with van der Waals surface area (Å²) in [4.78, 5) is 11.5. The molecule has 0 aliphatic carbocycles. The second-order valence-electron chi connectivity index (χ2n) is 2.03. The van der Waals surface area contributed by atoms with Gasteiger partial charge in [0.1, 0.15) is 0 Å². The summed E-state index contributed by atoms with van der Waals surface area (Å²) in [6.45, 7) is 4.51. The molecular formula is C6H15NNaO2PS. The van der Waals surface area contributed by atoms with Crippen LogP contribution in [-0.2, 0) is 16.3 Å². The number of hydrogen-bond acceptors (Lipinski definition) is 3. The SMILES string of the molecule is CCOP([O-])(=S)N(CC)CC.[Na+]. The summed E-state index contributed by atoms with van der Waals surface area (Å²) in [5.41, 5.74) is 0. The van der Waals surface area contributed by atoms with E-state index in [1.165, 1.54) is 0 Å². The van der Waals surface area contributed by atoms with E-state index in [2.05, 4.69) is 0 Å². The van der Waals surface area contributed by atoms with Crippen LogP contribution in [0.1, 0.15) is 20.8 Å². The summed E-state index contributed by atoms with van der Waals surface area (Å²) >= 11 is 4.82. The minimum Gasteiger partial charge on any atom is -0.789 e. The minimum absolute atomic E-state index is 0. The van der Waals surface area contributed by atoms with E-state index in [9.17, 15) is 4.89 Å². The van der Waals surface area contributed by atoms with Crippen LogP contribution in [0.15, 0.2) is 0 Å². The molecule has 0 aliphatic rings. The molecule has 0 spiro atoms. The van der Waals surface area contributed by atoms with Crippen molar-refractivity contribution in [2.24, 2.45) is 0 Å². The number of hydrogen-bond donors (Lipinski definition) is 0. The summed E-state index contributed by atoms with van der Waals surface area (Å²) in [5.74, 6) is 0. The predicted octanol–water partition coefficient (Wildman–Crippen LogP) is -2.05. The van der Waals surface area contributed by atoms with Gasteiger partial charge in [-0.1, -0.05) is 25.7 Å². The molecule has 0 N–H and O–H groups in total. The average molecular weight is 219 g/mol. The van der Waals surface area contributed by atoms with Crippen molar-refractivity contribution < 1.29 is 39.0 Å². The Morgan fingerprint density at radius 2 is 1.75 bits per heavy atom. The second-order valence-corrected chi connectivity index (χ2v) is 5.17. The molecule has 1 atom stereocenters. The van der Waals surface area contributed by atoms with Gasteiger partial charge < -0.3 is 9.42 Å². The molecule has 0 radical (unpaired) electrons. The molecule has 0 saturated heterocycles. The van der Waals surface area contributed by atoms with Crippen molar-refractivity contribution in [2.75, 3.05) is 19.7 Å². The first kappa shape index (κ1) is 16.0. The molecule has 0 aromatic rings. The van der Waals surface area contributed by atoms with E-state index in [4.69, 9.17) is 16.3 Å². The van der Waals surface area contributed by atoms with Gasteiger partial charge in [0.15, 0.2) is 0 Å². The van der Waals surface area contributed by atoms with Gasteiger partial charge in [-0.3, -0.25) is 4.67 Å². The standard InChI is InChI=1S/C6H16NO2PS.Na/c1-4-7(5-2)10(8,11)9-6-3;/h4-6H2,1-3H3,(H,8,11);/q;+1/p-1. The first-order chi connectivity index (χ1) is 5.08. The largest absolute Gasteiger partial charge is 1.00 e. The third kappa shape index (κ3) is 5.30. The van der Waals surface area contributed by atoms with Crippen molar-refractivity contribution in [3.8, 4) is 0 Å². The number of rotatable bonds is 5. The zero-order chi connectivity index (χ0) is 8.91. The fourth-order valence-electron chi connectivity index (χ4n) is 0.815. The molecule has 0 amide bonds. The Morgan fingerprint density at radius 1 is 1.33 bits per heavy atom. The van der Waals surface area contributed by atoms with E-state index in [1.54, 1.807) is 11.6 Å². The third-order valence-electron chi connectivity index (χ3n) is 1.37. The Morgan fingerprint density at radius 3 is 2.00 bits per heavy atom. The van der Waals surface area contributed by atoms with Crippen molar-refractivity contribution in [3.63, 3.8) is 0 Å². The Kier molecular flexibility index (Phi) is 10.5. The van der Waals surface area contributed by atoms with Gasteiger partial charge in [0.2, 0.25) is 0 Å². The number of nitrogens with zero attached hydrogens (tertiary/aromatic N) is 1. The normalized spacial score (nSPS) is 15.4. The summed E-state index contributed by atoms with van der Waals surface area (Å²) in [6, 6.07) is 0. The van der Waals surface area contributed by atoms with E-state index in [1.807, 2.05) is 13.8 Å². The van der Waals surface area contributed by atoms with Crippen LogP contribution in [-0.4, -0.2) is 24.4 Å². The van der Waals surface area contributed by atoms with Crippen molar-refractivity contribution in [1.29, 1.82) is 0 Å². The van der Waals surface area contributed by atoms with Crippen molar-refractivity contribution in [2.45, 2.75) is 20.8 Å². The molecule has 0 bridgehead atoms. The van der Waals surface area contributed by atoms with Crippen LogP contribution in [0.4, 0.5) is 0 Å². The molecule has 1 unspecified atom stereocenters. The predicted molar refractivity (Wildman–Crippen MR) is 48.8 cm³/mol. The molecule has 0 aromatic carbocycles. The summed E-state index contributed by atoms with van der Waals surface area (Å²) in [7, 11) is 0. The Labute approximate surface area is 102 Å². The third-order valence-corrected chi connectivity index (χ3v) is 4.22. The summed E-state index contributed by atoms with van der Waals surface area (Å²) in [5, 5.41) is 0. The monoisotopic (exact) mass is 219 g/mol. The van der Waals surface area contributed by atoms with Gasteiger partial charge in [0.05, 0.1) is 6.64 Å². The molecule has 0 aromatic heterocycles. The van der Waals surface area contributed by atoms with Crippen LogP contribution in [0, 0.1) is 0 Å². The molecular weight excluding hydrogens is 204 g/mol. The fraction of sp³-hybridized carbons (Fsp3) is 1.00. The topological polar surface area (TPSA) is 35.5 Å². The van der Waals surface area contributed by atoms with Gasteiger partial charge in [-0.25, -0.2) is 0 Å². The molecule has 6 heteroatoms. The van der Waals surface area contributed by atoms with Crippen LogP contribution in [0.25, 0.3) is 0 Å². The quantitative estimate of drug-likeness (QED) is 0.394. The van der Waals surface area contributed by atoms with Crippen molar-refractivity contribution in [3.05, 3.63) is 0 Å². The first-order valence-corrected chi connectivity index (χ1v) is 6.38. The maximum atomic E-state index is 11.5. The van der Waals surface area contributed by atoms with Gasteiger partial charge in [0.25, 0.3) is 0 Å². The molecule has 0 saturated carbocycles. The molecule has 0 aliphatic heterocycles. The molecule has 68 valence electrons. The van der Waals surface area contributed by atoms with Gasteiger partial charge in [-0.15, -0.1) is 0 Å². The van der Waals surface area contributed by atoms with E-state index >= 15 is 0 Å². The summed E-state index contributed by atoms with van der Waals surface area (Å²) in [6.07, 6.45) is 0. The van der Waals surface area contributed by atoms with Crippen LogP contribution in [0.3, 0.4) is 0 Å².